The summed E-state index contributed by atoms with van der Waals surface area (Å²) < 4.78 is 26.6. The van der Waals surface area contributed by atoms with Gasteiger partial charge < -0.3 is 4.90 Å². The number of hydrogen-bond donors (Lipinski definition) is 0. The Kier molecular flexibility index (Phi) is 4.42. The van der Waals surface area contributed by atoms with Gasteiger partial charge in [0.05, 0.1) is 11.1 Å². The summed E-state index contributed by atoms with van der Waals surface area (Å²) >= 11 is 1.40. The number of aromatic nitrogens is 2. The zero-order chi connectivity index (χ0) is 15.6. The van der Waals surface area contributed by atoms with Gasteiger partial charge in [-0.05, 0) is 24.3 Å². The third kappa shape index (κ3) is 2.99. The van der Waals surface area contributed by atoms with E-state index in [0.29, 0.717) is 4.90 Å². The summed E-state index contributed by atoms with van der Waals surface area (Å²) in [5.74, 6) is 0.851. The molecule has 6 nitrogen and oxygen atoms in total. The van der Waals surface area contributed by atoms with Crippen molar-refractivity contribution in [3.05, 3.63) is 35.4 Å². The molecule has 0 aromatic carbocycles. The SMILES string of the molecule is CN(C1CCN(c2cnccn2)CC1)S(=O)(=O)c1ccsc1. The molecule has 0 bridgehead atoms. The number of piperidine rings is 1. The Labute approximate surface area is 134 Å². The van der Waals surface area contributed by atoms with E-state index in [-0.39, 0.29) is 6.04 Å². The molecular weight excluding hydrogens is 320 g/mol. The van der Waals surface area contributed by atoms with Crippen molar-refractivity contribution >= 4 is 27.2 Å². The van der Waals surface area contributed by atoms with Gasteiger partial charge in [-0.2, -0.15) is 15.6 Å². The van der Waals surface area contributed by atoms with Crippen LogP contribution >= 0.6 is 11.3 Å². The maximum Gasteiger partial charge on any atom is 0.243 e. The van der Waals surface area contributed by atoms with E-state index in [1.54, 1.807) is 42.5 Å². The first-order chi connectivity index (χ1) is 10.6. The molecule has 1 fully saturated rings. The predicted octanol–water partition coefficient (Wildman–Crippen LogP) is 1.83. The summed E-state index contributed by atoms with van der Waals surface area (Å²) in [7, 11) is -1.70. The molecule has 2 aromatic heterocycles. The molecule has 1 saturated heterocycles. The monoisotopic (exact) mass is 338 g/mol. The normalized spacial score (nSPS) is 17.1. The van der Waals surface area contributed by atoms with Gasteiger partial charge in [0, 0.05) is 44.0 Å². The summed E-state index contributed by atoms with van der Waals surface area (Å²) in [4.78, 5) is 10.9. The van der Waals surface area contributed by atoms with Gasteiger partial charge in [0.1, 0.15) is 5.82 Å². The van der Waals surface area contributed by atoms with Crippen LogP contribution in [0.15, 0.2) is 40.3 Å². The molecule has 1 aliphatic rings. The number of anilines is 1. The van der Waals surface area contributed by atoms with E-state index >= 15 is 0 Å². The predicted molar refractivity (Wildman–Crippen MR) is 86.5 cm³/mol. The van der Waals surface area contributed by atoms with Crippen molar-refractivity contribution in [1.29, 1.82) is 0 Å². The second-order valence-electron chi connectivity index (χ2n) is 5.26. The Morgan fingerprint density at radius 1 is 1.32 bits per heavy atom. The maximum atomic E-state index is 12.5. The molecule has 22 heavy (non-hydrogen) atoms. The first kappa shape index (κ1) is 15.4. The minimum atomic E-state index is -3.38. The summed E-state index contributed by atoms with van der Waals surface area (Å²) in [6, 6.07) is 1.68. The molecular formula is C14H18N4O2S2. The molecule has 0 N–H and O–H groups in total. The fraction of sp³-hybridized carbons (Fsp3) is 0.429. The molecule has 0 radical (unpaired) electrons. The number of rotatable bonds is 4. The molecule has 3 heterocycles. The molecule has 0 unspecified atom stereocenters. The Morgan fingerprint density at radius 3 is 2.68 bits per heavy atom. The molecule has 0 amide bonds. The van der Waals surface area contributed by atoms with Crippen molar-refractivity contribution < 1.29 is 8.42 Å². The van der Waals surface area contributed by atoms with Crippen molar-refractivity contribution in [2.24, 2.45) is 0 Å². The zero-order valence-electron chi connectivity index (χ0n) is 12.3. The summed E-state index contributed by atoms with van der Waals surface area (Å²) in [5.41, 5.74) is 0. The van der Waals surface area contributed by atoms with Crippen LogP contribution in [0, 0.1) is 0 Å². The van der Waals surface area contributed by atoms with Gasteiger partial charge in [-0.25, -0.2) is 13.4 Å². The van der Waals surface area contributed by atoms with Crippen LogP contribution in [0.25, 0.3) is 0 Å². The topological polar surface area (TPSA) is 66.4 Å². The first-order valence-electron chi connectivity index (χ1n) is 7.10. The van der Waals surface area contributed by atoms with E-state index in [4.69, 9.17) is 0 Å². The molecule has 0 spiro atoms. The van der Waals surface area contributed by atoms with Crippen molar-refractivity contribution in [3.63, 3.8) is 0 Å². The molecule has 8 heteroatoms. The van der Waals surface area contributed by atoms with Gasteiger partial charge in [0.2, 0.25) is 10.0 Å². The second-order valence-corrected chi connectivity index (χ2v) is 8.04. The Balaban J connectivity index is 1.66. The average Bonchev–Trinajstić information content (AvgIpc) is 3.10. The molecule has 0 aliphatic carbocycles. The third-order valence-electron chi connectivity index (χ3n) is 4.02. The minimum Gasteiger partial charge on any atom is -0.355 e. The van der Waals surface area contributed by atoms with Crippen LogP contribution in [-0.2, 0) is 10.0 Å². The number of sulfonamides is 1. The van der Waals surface area contributed by atoms with Crippen LogP contribution in [0.3, 0.4) is 0 Å². The highest BCUT2D eigenvalue weighted by Crippen LogP contribution is 2.25. The van der Waals surface area contributed by atoms with Crippen molar-refractivity contribution in [3.8, 4) is 0 Å². The standard InChI is InChI=1S/C14H18N4O2S2/c1-17(22(19,20)13-4-9-21-11-13)12-2-7-18(8-3-12)14-10-15-5-6-16-14/h4-6,9-12H,2-3,7-8H2,1H3. The largest absolute Gasteiger partial charge is 0.355 e. The first-order valence-corrected chi connectivity index (χ1v) is 9.48. The molecule has 2 aromatic rings. The molecule has 118 valence electrons. The van der Waals surface area contributed by atoms with Gasteiger partial charge in [-0.1, -0.05) is 0 Å². The van der Waals surface area contributed by atoms with Crippen LogP contribution < -0.4 is 4.90 Å². The lowest BCUT2D eigenvalue weighted by Gasteiger charge is -2.36. The smallest absolute Gasteiger partial charge is 0.243 e. The second kappa shape index (κ2) is 6.31. The van der Waals surface area contributed by atoms with Crippen LogP contribution in [0.1, 0.15) is 12.8 Å². The lowest BCUT2D eigenvalue weighted by Crippen LogP contribution is -2.45. The van der Waals surface area contributed by atoms with E-state index in [0.717, 1.165) is 31.7 Å². The fourth-order valence-electron chi connectivity index (χ4n) is 2.67. The fourth-order valence-corrected chi connectivity index (χ4v) is 5.11. The van der Waals surface area contributed by atoms with E-state index in [1.165, 1.54) is 15.6 Å². The van der Waals surface area contributed by atoms with Crippen LogP contribution in [0.4, 0.5) is 5.82 Å². The van der Waals surface area contributed by atoms with E-state index in [9.17, 15) is 8.42 Å². The van der Waals surface area contributed by atoms with Crippen molar-refractivity contribution in [2.45, 2.75) is 23.8 Å². The molecule has 3 rings (SSSR count). The Hall–Kier alpha value is -1.51. The van der Waals surface area contributed by atoms with E-state index in [2.05, 4.69) is 14.9 Å². The number of nitrogens with zero attached hydrogens (tertiary/aromatic N) is 4. The molecule has 0 saturated carbocycles. The molecule has 0 atom stereocenters. The van der Waals surface area contributed by atoms with Crippen LogP contribution in [0.5, 0.6) is 0 Å². The van der Waals surface area contributed by atoms with Crippen LogP contribution in [-0.4, -0.2) is 48.9 Å². The Morgan fingerprint density at radius 2 is 2.09 bits per heavy atom. The summed E-state index contributed by atoms with van der Waals surface area (Å²) in [5, 5.41) is 3.47. The third-order valence-corrected chi connectivity index (χ3v) is 6.76. The quantitative estimate of drug-likeness (QED) is 0.851. The van der Waals surface area contributed by atoms with Gasteiger partial charge in [0.25, 0.3) is 0 Å². The summed E-state index contributed by atoms with van der Waals surface area (Å²) in [6.07, 6.45) is 6.64. The van der Waals surface area contributed by atoms with Crippen LogP contribution in [0.2, 0.25) is 0 Å². The minimum absolute atomic E-state index is 0.0258. The Bertz CT molecular complexity index is 696. The zero-order valence-corrected chi connectivity index (χ0v) is 13.9. The maximum absolute atomic E-state index is 12.5. The highest BCUT2D eigenvalue weighted by Gasteiger charge is 2.31. The van der Waals surface area contributed by atoms with E-state index in [1.807, 2.05) is 0 Å². The highest BCUT2D eigenvalue weighted by atomic mass is 32.2. The molecule has 1 aliphatic heterocycles. The van der Waals surface area contributed by atoms with Crippen molar-refractivity contribution in [1.82, 2.24) is 14.3 Å². The van der Waals surface area contributed by atoms with Gasteiger partial charge in [-0.3, -0.25) is 4.98 Å². The average molecular weight is 338 g/mol. The van der Waals surface area contributed by atoms with E-state index < -0.39 is 10.0 Å². The lowest BCUT2D eigenvalue weighted by atomic mass is 10.1. The van der Waals surface area contributed by atoms with Gasteiger partial charge in [0.15, 0.2) is 0 Å². The summed E-state index contributed by atoms with van der Waals surface area (Å²) in [6.45, 7) is 1.57. The van der Waals surface area contributed by atoms with Gasteiger partial charge >= 0.3 is 0 Å². The number of thiophene rings is 1. The van der Waals surface area contributed by atoms with Gasteiger partial charge in [-0.15, -0.1) is 0 Å². The number of hydrogen-bond acceptors (Lipinski definition) is 6. The lowest BCUT2D eigenvalue weighted by molar-refractivity contribution is 0.311. The highest BCUT2D eigenvalue weighted by molar-refractivity contribution is 7.89. The van der Waals surface area contributed by atoms with Crippen molar-refractivity contribution in [2.75, 3.05) is 25.0 Å².